The Morgan fingerprint density at radius 1 is 1.19 bits per heavy atom. The van der Waals surface area contributed by atoms with E-state index >= 15 is 0 Å². The highest BCUT2D eigenvalue weighted by atomic mass is 32.1. The number of amides is 3. The molecule has 1 aromatic rings. The zero-order chi connectivity index (χ0) is 24.3. The molecule has 8 heteroatoms. The summed E-state index contributed by atoms with van der Waals surface area (Å²) < 4.78 is 5.24. The molecule has 0 spiro atoms. The van der Waals surface area contributed by atoms with Crippen molar-refractivity contribution in [2.75, 3.05) is 19.3 Å². The third kappa shape index (κ3) is 8.83. The van der Waals surface area contributed by atoms with Crippen molar-refractivity contribution in [2.24, 2.45) is 0 Å². The average molecular weight is 462 g/mol. The molecule has 1 aromatic carbocycles. The number of alkyl carbamates (subject to hydrolysis) is 1. The molecule has 176 valence electrons. The normalized spacial score (nSPS) is 12.8. The molecule has 7 nitrogen and oxygen atoms in total. The number of rotatable bonds is 10. The minimum absolute atomic E-state index is 0.0449. The zero-order valence-electron chi connectivity index (χ0n) is 19.6. The van der Waals surface area contributed by atoms with E-state index in [1.807, 2.05) is 0 Å². The summed E-state index contributed by atoms with van der Waals surface area (Å²) in [6, 6.07) is 5.05. The molecule has 0 heterocycles. The molecule has 0 aliphatic rings. The van der Waals surface area contributed by atoms with E-state index in [2.05, 4.69) is 36.1 Å². The van der Waals surface area contributed by atoms with Crippen LogP contribution in [-0.4, -0.2) is 53.8 Å². The van der Waals surface area contributed by atoms with Crippen molar-refractivity contribution in [1.82, 2.24) is 15.5 Å². The molecule has 2 atom stereocenters. The summed E-state index contributed by atoms with van der Waals surface area (Å²) in [5, 5.41) is 5.45. The summed E-state index contributed by atoms with van der Waals surface area (Å²) >= 11 is 4.21. The van der Waals surface area contributed by atoms with E-state index < -0.39 is 29.7 Å². The quantitative estimate of drug-likeness (QED) is 0.283. The molecular formula is C24H35N3O4S. The van der Waals surface area contributed by atoms with Crippen molar-refractivity contribution in [3.05, 3.63) is 35.4 Å². The Hall–Kier alpha value is -2.66. The van der Waals surface area contributed by atoms with Crippen LogP contribution in [0.15, 0.2) is 24.3 Å². The topological polar surface area (TPSA) is 87.7 Å². The van der Waals surface area contributed by atoms with Crippen LogP contribution in [0.3, 0.4) is 0 Å². The molecule has 3 amide bonds. The van der Waals surface area contributed by atoms with Crippen LogP contribution in [0.25, 0.3) is 0 Å². The second-order valence-electron chi connectivity index (χ2n) is 8.50. The summed E-state index contributed by atoms with van der Waals surface area (Å²) in [4.78, 5) is 39.7. The first-order chi connectivity index (χ1) is 15.0. The summed E-state index contributed by atoms with van der Waals surface area (Å²) in [7, 11) is 1.53. The van der Waals surface area contributed by atoms with Crippen molar-refractivity contribution in [2.45, 2.75) is 64.6 Å². The van der Waals surface area contributed by atoms with Crippen LogP contribution < -0.4 is 10.6 Å². The Labute approximate surface area is 197 Å². The number of nitrogens with zero attached hydrogens (tertiary/aromatic N) is 1. The molecule has 2 unspecified atom stereocenters. The van der Waals surface area contributed by atoms with Gasteiger partial charge in [0.1, 0.15) is 17.7 Å². The number of ether oxygens (including phenoxy) is 1. The second kappa shape index (κ2) is 13.0. The van der Waals surface area contributed by atoms with Crippen molar-refractivity contribution < 1.29 is 19.1 Å². The molecule has 0 saturated carbocycles. The summed E-state index contributed by atoms with van der Waals surface area (Å²) in [5.74, 6) is 1.82. The van der Waals surface area contributed by atoms with Crippen LogP contribution in [0.2, 0.25) is 0 Å². The molecule has 0 fully saturated rings. The summed E-state index contributed by atoms with van der Waals surface area (Å²) in [6.45, 7) is 7.79. The summed E-state index contributed by atoms with van der Waals surface area (Å²) in [5.41, 5.74) is 0.576. The van der Waals surface area contributed by atoms with Crippen molar-refractivity contribution in [3.63, 3.8) is 0 Å². The number of thiol groups is 1. The van der Waals surface area contributed by atoms with Crippen molar-refractivity contribution in [1.29, 1.82) is 0 Å². The van der Waals surface area contributed by atoms with Gasteiger partial charge in [0, 0.05) is 24.9 Å². The Morgan fingerprint density at radius 2 is 1.81 bits per heavy atom. The van der Waals surface area contributed by atoms with Gasteiger partial charge in [0.15, 0.2) is 0 Å². The molecular weight excluding hydrogens is 426 g/mol. The van der Waals surface area contributed by atoms with Gasteiger partial charge in [0.05, 0.1) is 0 Å². The number of hydrogen-bond acceptors (Lipinski definition) is 5. The minimum Gasteiger partial charge on any atom is -0.444 e. The Morgan fingerprint density at radius 3 is 2.31 bits per heavy atom. The fraction of sp³-hybridized carbons (Fsp3) is 0.542. The van der Waals surface area contributed by atoms with Gasteiger partial charge >= 0.3 is 6.09 Å². The minimum atomic E-state index is -0.960. The molecule has 0 bridgehead atoms. The number of unbranched alkanes of at least 4 members (excludes halogenated alkanes) is 2. The van der Waals surface area contributed by atoms with Gasteiger partial charge < -0.3 is 20.3 Å². The van der Waals surface area contributed by atoms with Crippen LogP contribution in [0, 0.1) is 12.3 Å². The third-order valence-electron chi connectivity index (χ3n) is 4.63. The summed E-state index contributed by atoms with van der Waals surface area (Å²) in [6.07, 6.45) is 7.59. The van der Waals surface area contributed by atoms with Gasteiger partial charge in [-0.25, -0.2) is 4.79 Å². The van der Waals surface area contributed by atoms with E-state index in [0.29, 0.717) is 17.7 Å². The van der Waals surface area contributed by atoms with Gasteiger partial charge in [-0.15, -0.1) is 6.42 Å². The van der Waals surface area contributed by atoms with Gasteiger partial charge in [0.25, 0.3) is 0 Å². The smallest absolute Gasteiger partial charge is 0.408 e. The highest BCUT2D eigenvalue weighted by molar-refractivity contribution is 7.80. The lowest BCUT2D eigenvalue weighted by molar-refractivity contribution is -0.140. The Kier molecular flexibility index (Phi) is 11.1. The molecule has 0 aromatic heterocycles. The Balaban J connectivity index is 3.09. The van der Waals surface area contributed by atoms with E-state index in [1.165, 1.54) is 11.9 Å². The molecule has 1 rings (SSSR count). The third-order valence-corrected chi connectivity index (χ3v) is 4.99. The standard InChI is InChI=1S/C24H35N3O4S/c1-7-9-10-15-25-21(28)20(18-13-11-17(8-2)12-14-18)27(6)22(29)19(16-32)26-23(30)31-24(3,4)5/h2,11-14,19-20,32H,7,9-10,15-16H2,1,3-6H3,(H,25,28)(H,26,30). The molecule has 2 N–H and O–H groups in total. The number of nitrogens with one attached hydrogen (secondary N) is 2. The average Bonchev–Trinajstić information content (AvgIpc) is 2.74. The fourth-order valence-corrected chi connectivity index (χ4v) is 3.25. The fourth-order valence-electron chi connectivity index (χ4n) is 3.00. The van der Waals surface area contributed by atoms with E-state index in [4.69, 9.17) is 11.2 Å². The van der Waals surface area contributed by atoms with Crippen LogP contribution in [-0.2, 0) is 14.3 Å². The molecule has 32 heavy (non-hydrogen) atoms. The highest BCUT2D eigenvalue weighted by Crippen LogP contribution is 2.22. The van der Waals surface area contributed by atoms with Gasteiger partial charge in [-0.1, -0.05) is 37.8 Å². The number of likely N-dealkylation sites (N-methyl/N-ethyl adjacent to an activating group) is 1. The lowest BCUT2D eigenvalue weighted by atomic mass is 10.0. The van der Waals surface area contributed by atoms with Crippen LogP contribution in [0.5, 0.6) is 0 Å². The predicted octanol–water partition coefficient (Wildman–Crippen LogP) is 3.30. The van der Waals surface area contributed by atoms with Crippen LogP contribution in [0.4, 0.5) is 4.79 Å². The first kappa shape index (κ1) is 27.4. The van der Waals surface area contributed by atoms with Crippen molar-refractivity contribution >= 4 is 30.5 Å². The highest BCUT2D eigenvalue weighted by Gasteiger charge is 2.33. The second-order valence-corrected chi connectivity index (χ2v) is 8.86. The van der Waals surface area contributed by atoms with Gasteiger partial charge in [-0.3, -0.25) is 9.59 Å². The number of hydrogen-bond donors (Lipinski definition) is 3. The maximum absolute atomic E-state index is 13.2. The molecule has 0 radical (unpaired) electrons. The maximum Gasteiger partial charge on any atom is 0.408 e. The first-order valence-corrected chi connectivity index (χ1v) is 11.4. The maximum atomic E-state index is 13.2. The zero-order valence-corrected chi connectivity index (χ0v) is 20.5. The number of carbonyl (C=O) groups is 3. The van der Waals surface area contributed by atoms with E-state index in [0.717, 1.165) is 19.3 Å². The molecule has 0 saturated heterocycles. The van der Waals surface area contributed by atoms with E-state index in [-0.39, 0.29) is 11.7 Å². The molecule has 0 aliphatic heterocycles. The lowest BCUT2D eigenvalue weighted by Gasteiger charge is -2.31. The van der Waals surface area contributed by atoms with Gasteiger partial charge in [-0.05, 0) is 44.9 Å². The first-order valence-electron chi connectivity index (χ1n) is 10.7. The lowest BCUT2D eigenvalue weighted by Crippen LogP contribution is -2.52. The van der Waals surface area contributed by atoms with E-state index in [9.17, 15) is 14.4 Å². The SMILES string of the molecule is C#Cc1ccc(C(C(=O)NCCCCC)N(C)C(=O)C(CS)NC(=O)OC(C)(C)C)cc1. The van der Waals surface area contributed by atoms with Gasteiger partial charge in [-0.2, -0.15) is 12.6 Å². The van der Waals surface area contributed by atoms with Gasteiger partial charge in [0.2, 0.25) is 11.8 Å². The number of terminal acetylenes is 1. The predicted molar refractivity (Wildman–Crippen MR) is 129 cm³/mol. The van der Waals surface area contributed by atoms with Crippen molar-refractivity contribution in [3.8, 4) is 12.3 Å². The Bertz CT molecular complexity index is 812. The van der Waals surface area contributed by atoms with Crippen LogP contribution in [0.1, 0.15) is 64.1 Å². The monoisotopic (exact) mass is 461 g/mol. The number of benzene rings is 1. The van der Waals surface area contributed by atoms with Crippen LogP contribution >= 0.6 is 12.6 Å². The molecule has 0 aliphatic carbocycles. The van der Waals surface area contributed by atoms with E-state index in [1.54, 1.807) is 45.0 Å². The number of carbonyl (C=O) groups excluding carboxylic acids is 3. The largest absolute Gasteiger partial charge is 0.444 e.